The van der Waals surface area contributed by atoms with Gasteiger partial charge in [0.15, 0.2) is 18.7 Å². The zero-order valence-corrected chi connectivity index (χ0v) is 57.0. The van der Waals surface area contributed by atoms with Crippen molar-refractivity contribution >= 4 is 25.7 Å². The molecule has 0 spiro atoms. The number of hydrogen-bond acceptors (Lipinski definition) is 23. The lowest BCUT2D eigenvalue weighted by Gasteiger charge is -2.49. The summed E-state index contributed by atoms with van der Waals surface area (Å²) in [5.41, 5.74) is 0. The Morgan fingerprint density at radius 1 is 0.380 bits per heavy atom. The van der Waals surface area contributed by atoms with Gasteiger partial charge < -0.3 is 89.1 Å². The van der Waals surface area contributed by atoms with Crippen LogP contribution in [0.4, 0.5) is 0 Å². The van der Waals surface area contributed by atoms with Gasteiger partial charge in [0.25, 0.3) is 0 Å². The van der Waals surface area contributed by atoms with Crippen molar-refractivity contribution in [1.29, 1.82) is 0 Å². The molecule has 0 amide bonds. The van der Waals surface area contributed by atoms with E-state index in [1.165, 1.54) is 128 Å². The van der Waals surface area contributed by atoms with E-state index < -0.39 is 156 Å². The molecule has 0 aromatic carbocycles. The Bertz CT molecular complexity index is 1920. The quantitative estimate of drug-likeness (QED) is 0.0117. The van der Waals surface area contributed by atoms with Gasteiger partial charge in [-0.15, -0.1) is 0 Å². The first-order chi connectivity index (χ1) is 44.3. The van der Waals surface area contributed by atoms with E-state index in [1.807, 2.05) is 0 Å². The van der Waals surface area contributed by atoms with E-state index in [4.69, 9.17) is 42.2 Å². The zero-order chi connectivity index (χ0) is 67.5. The fourth-order valence-corrected chi connectivity index (χ4v) is 13.0. The molecule has 3 aliphatic rings. The molecule has 2 aliphatic heterocycles. The molecule has 1 aliphatic carbocycles. The summed E-state index contributed by atoms with van der Waals surface area (Å²) in [6, 6.07) is 0. The van der Waals surface area contributed by atoms with Gasteiger partial charge >= 0.3 is 25.7 Å². The zero-order valence-electron chi connectivity index (χ0n) is 56.1. The van der Waals surface area contributed by atoms with Crippen LogP contribution >= 0.6 is 7.82 Å². The minimum atomic E-state index is -5.68. The minimum absolute atomic E-state index is 0.0333. The molecule has 18 unspecified atom stereocenters. The molecule has 0 aromatic rings. The molecular formula is C67H125O24P. The first kappa shape index (κ1) is 84.2. The fourth-order valence-electron chi connectivity index (χ4n) is 12.0. The molecule has 0 bridgehead atoms. The Balaban J connectivity index is 1.75. The van der Waals surface area contributed by atoms with Crippen LogP contribution < -0.4 is 0 Å². The summed E-state index contributed by atoms with van der Waals surface area (Å²) in [4.78, 5) is 50.8. The highest BCUT2D eigenvalue weighted by molar-refractivity contribution is 7.47. The summed E-state index contributed by atoms with van der Waals surface area (Å²) in [6.45, 7) is 3.42. The molecule has 2 heterocycles. The van der Waals surface area contributed by atoms with Crippen LogP contribution in [0, 0.1) is 0 Å². The van der Waals surface area contributed by atoms with Gasteiger partial charge in [0, 0.05) is 19.3 Å². The SMILES string of the molecule is CCCCCCCCCCCCCCCC(=O)OCC(COP(=O)(O)OC1C(OC2OC(CO)C(O)C(O)C2O)C(O)C(O)C(O)C1OC1OC(COC(=O)CCCCCCCCCCCCCCC)C(O)C(O)C1O)OC(=O)CCCCCCCCCCCCC. The van der Waals surface area contributed by atoms with Gasteiger partial charge in [0.05, 0.1) is 13.2 Å². The van der Waals surface area contributed by atoms with Gasteiger partial charge in [-0.2, -0.15) is 0 Å². The van der Waals surface area contributed by atoms with Crippen molar-refractivity contribution in [2.24, 2.45) is 0 Å². The molecule has 3 fully saturated rings. The number of aliphatic hydroxyl groups excluding tert-OH is 10. The van der Waals surface area contributed by atoms with Crippen molar-refractivity contribution in [1.82, 2.24) is 0 Å². The second kappa shape index (κ2) is 50.3. The average Bonchev–Trinajstić information content (AvgIpc) is 0.776. The third kappa shape index (κ3) is 34.0. The summed E-state index contributed by atoms with van der Waals surface area (Å²) in [5, 5.41) is 110. The number of carbonyl (C=O) groups excluding carboxylic acids is 3. The first-order valence-corrected chi connectivity index (χ1v) is 37.3. The van der Waals surface area contributed by atoms with Crippen molar-refractivity contribution in [3.8, 4) is 0 Å². The highest BCUT2D eigenvalue weighted by Gasteiger charge is 2.58. The van der Waals surface area contributed by atoms with E-state index in [9.17, 15) is 74.9 Å². The van der Waals surface area contributed by atoms with Crippen LogP contribution in [-0.2, 0) is 61.2 Å². The molecule has 0 aromatic heterocycles. The number of hydrogen-bond donors (Lipinski definition) is 11. The Morgan fingerprint density at radius 3 is 1.07 bits per heavy atom. The van der Waals surface area contributed by atoms with Gasteiger partial charge in [-0.25, -0.2) is 4.57 Å². The van der Waals surface area contributed by atoms with Crippen molar-refractivity contribution in [2.75, 3.05) is 26.4 Å². The maximum Gasteiger partial charge on any atom is 0.472 e. The second-order valence-corrected chi connectivity index (χ2v) is 27.4. The predicted octanol–water partition coefficient (Wildman–Crippen LogP) is 8.62. The number of esters is 3. The Morgan fingerprint density at radius 2 is 0.696 bits per heavy atom. The summed E-state index contributed by atoms with van der Waals surface area (Å²) in [6.07, 6.45) is 4.88. The minimum Gasteiger partial charge on any atom is -0.463 e. The normalized spacial score (nSPS) is 28.6. The smallest absolute Gasteiger partial charge is 0.463 e. The van der Waals surface area contributed by atoms with Gasteiger partial charge in [-0.05, 0) is 19.3 Å². The van der Waals surface area contributed by atoms with Crippen LogP contribution in [0.25, 0.3) is 0 Å². The standard InChI is InChI=1S/C67H125O24P/c1-4-7-10-13-16-19-22-24-27-29-32-35-38-41-51(69)83-45-48(86-53(71)43-40-37-34-31-26-21-18-15-12-9-6-3)46-85-92(81,82)91-65-63(89-66-61(79)56(74)54(72)49(44-68)87-66)59(77)58(76)60(78)64(65)90-67-62(80)57(75)55(73)50(88-67)47-84-52(70)42-39-36-33-30-28-25-23-20-17-14-11-8-5-2/h48-50,54-68,72-80H,4-47H2,1-3H3,(H,81,82). The van der Waals surface area contributed by atoms with E-state index in [0.717, 1.165) is 89.9 Å². The largest absolute Gasteiger partial charge is 0.472 e. The summed E-state index contributed by atoms with van der Waals surface area (Å²) >= 11 is 0. The van der Waals surface area contributed by atoms with Gasteiger partial charge in [-0.1, -0.05) is 239 Å². The molecule has 11 N–H and O–H groups in total. The number of phosphoric acid groups is 1. The molecule has 0 radical (unpaired) electrons. The highest BCUT2D eigenvalue weighted by Crippen LogP contribution is 2.49. The number of carbonyl (C=O) groups is 3. The number of aliphatic hydroxyl groups is 10. The molecule has 2 saturated heterocycles. The lowest BCUT2D eigenvalue weighted by Crippen LogP contribution is -2.69. The van der Waals surface area contributed by atoms with Crippen LogP contribution in [0.1, 0.15) is 278 Å². The number of phosphoric ester groups is 1. The Kier molecular flexibility index (Phi) is 46.0. The van der Waals surface area contributed by atoms with Crippen LogP contribution in [0.2, 0.25) is 0 Å². The predicted molar refractivity (Wildman–Crippen MR) is 342 cm³/mol. The molecule has 24 nitrogen and oxygen atoms in total. The van der Waals surface area contributed by atoms with Crippen LogP contribution in [0.15, 0.2) is 0 Å². The Labute approximate surface area is 549 Å². The lowest BCUT2D eigenvalue weighted by molar-refractivity contribution is -0.360. The molecule has 25 heteroatoms. The summed E-state index contributed by atoms with van der Waals surface area (Å²) in [7, 11) is -5.68. The topological polar surface area (TPSA) is 374 Å². The van der Waals surface area contributed by atoms with Crippen LogP contribution in [0.3, 0.4) is 0 Å². The van der Waals surface area contributed by atoms with Crippen molar-refractivity contribution in [3.05, 3.63) is 0 Å². The molecule has 18 atom stereocenters. The number of ether oxygens (including phenoxy) is 7. The van der Waals surface area contributed by atoms with Crippen molar-refractivity contribution in [3.63, 3.8) is 0 Å². The average molecular weight is 1350 g/mol. The maximum atomic E-state index is 14.3. The summed E-state index contributed by atoms with van der Waals surface area (Å²) in [5.74, 6) is -1.98. The molecule has 542 valence electrons. The lowest BCUT2D eigenvalue weighted by atomic mass is 9.84. The van der Waals surface area contributed by atoms with E-state index in [2.05, 4.69) is 20.8 Å². The van der Waals surface area contributed by atoms with Gasteiger partial charge in [0.2, 0.25) is 0 Å². The molecule has 92 heavy (non-hydrogen) atoms. The number of rotatable bonds is 55. The van der Waals surface area contributed by atoms with Gasteiger partial charge in [-0.3, -0.25) is 23.4 Å². The molecule has 1 saturated carbocycles. The van der Waals surface area contributed by atoms with Crippen molar-refractivity contribution in [2.45, 2.75) is 382 Å². The van der Waals surface area contributed by atoms with E-state index in [-0.39, 0.29) is 19.3 Å². The maximum absolute atomic E-state index is 14.3. The van der Waals surface area contributed by atoms with Crippen molar-refractivity contribution < 1.29 is 117 Å². The highest BCUT2D eigenvalue weighted by atomic mass is 31.2. The summed E-state index contributed by atoms with van der Waals surface area (Å²) < 4.78 is 64.8. The first-order valence-electron chi connectivity index (χ1n) is 35.8. The second-order valence-electron chi connectivity index (χ2n) is 26.0. The third-order valence-corrected chi connectivity index (χ3v) is 18.9. The monoisotopic (exact) mass is 1340 g/mol. The van der Waals surface area contributed by atoms with Crippen LogP contribution in [0.5, 0.6) is 0 Å². The van der Waals surface area contributed by atoms with Gasteiger partial charge in [0.1, 0.15) is 98.7 Å². The fraction of sp³-hybridized carbons (Fsp3) is 0.955. The molecule has 3 rings (SSSR count). The van der Waals surface area contributed by atoms with Crippen LogP contribution in [-0.4, -0.2) is 204 Å². The van der Waals surface area contributed by atoms with E-state index in [0.29, 0.717) is 19.3 Å². The number of unbranched alkanes of at least 4 members (excludes halogenated alkanes) is 34. The third-order valence-electron chi connectivity index (χ3n) is 17.9. The van der Waals surface area contributed by atoms with E-state index >= 15 is 0 Å². The van der Waals surface area contributed by atoms with E-state index in [1.54, 1.807) is 0 Å². The Hall–Kier alpha value is -2.04. The molecular weight excluding hydrogens is 1220 g/mol.